The van der Waals surface area contributed by atoms with Crippen LogP contribution in [-0.2, 0) is 25.5 Å². The average Bonchev–Trinajstić information content (AvgIpc) is 3.26. The van der Waals surface area contributed by atoms with Gasteiger partial charge in [-0.2, -0.15) is 0 Å². The molecule has 0 saturated carbocycles. The van der Waals surface area contributed by atoms with E-state index in [0.717, 1.165) is 18.5 Å². The fourth-order valence-electron chi connectivity index (χ4n) is 2.92. The summed E-state index contributed by atoms with van der Waals surface area (Å²) in [5, 5.41) is 17.8. The van der Waals surface area contributed by atoms with Crippen molar-refractivity contribution in [2.24, 2.45) is 0 Å². The monoisotopic (exact) mass is 441 g/mol. The molecule has 0 aliphatic carbocycles. The van der Waals surface area contributed by atoms with Crippen LogP contribution in [0.4, 0.5) is 0 Å². The number of ether oxygens (including phenoxy) is 1. The first-order valence-corrected chi connectivity index (χ1v) is 11.2. The molecule has 1 amide bonds. The molecule has 1 atom stereocenters. The lowest BCUT2D eigenvalue weighted by Gasteiger charge is -2.16. The van der Waals surface area contributed by atoms with E-state index in [1.165, 1.54) is 44.9 Å². The molecule has 0 unspecified atom stereocenters. The number of nitrogens with one attached hydrogen (secondary N) is 2. The predicted octanol–water partition coefficient (Wildman–Crippen LogP) is 2.98. The summed E-state index contributed by atoms with van der Waals surface area (Å²) in [5.74, 6) is -1.68. The van der Waals surface area contributed by atoms with Gasteiger partial charge >= 0.3 is 11.9 Å². The number of amides is 1. The number of hydrogen-bond acceptors (Lipinski definition) is 6. The number of aliphatic hydroxyl groups is 1. The minimum absolute atomic E-state index is 0.0921. The fraction of sp³-hybridized carbons (Fsp3) is 0.727. The Bertz CT molecular complexity index is 592. The third-order valence-electron chi connectivity index (χ3n) is 4.53. The van der Waals surface area contributed by atoms with Gasteiger partial charge in [-0.25, -0.2) is 14.6 Å². The normalized spacial score (nSPS) is 11.2. The van der Waals surface area contributed by atoms with Crippen molar-refractivity contribution in [1.82, 2.24) is 15.3 Å². The second-order valence-corrected chi connectivity index (χ2v) is 7.28. The second kappa shape index (κ2) is 19.5. The van der Waals surface area contributed by atoms with E-state index >= 15 is 0 Å². The number of carbonyl (C=O) groups excluding carboxylic acids is 2. The van der Waals surface area contributed by atoms with E-state index in [4.69, 9.17) is 19.7 Å². The van der Waals surface area contributed by atoms with Gasteiger partial charge < -0.3 is 25.3 Å². The van der Waals surface area contributed by atoms with Gasteiger partial charge in [-0.15, -0.1) is 0 Å². The summed E-state index contributed by atoms with van der Waals surface area (Å²) in [4.78, 5) is 40.2. The van der Waals surface area contributed by atoms with Gasteiger partial charge in [-0.1, -0.05) is 58.3 Å². The van der Waals surface area contributed by atoms with Crippen LogP contribution in [0, 0.1) is 0 Å². The zero-order valence-corrected chi connectivity index (χ0v) is 18.9. The zero-order chi connectivity index (χ0) is 23.3. The Hall–Kier alpha value is -2.42. The van der Waals surface area contributed by atoms with Crippen molar-refractivity contribution in [2.45, 2.75) is 90.5 Å². The molecular formula is C22H39N3O6. The van der Waals surface area contributed by atoms with Crippen LogP contribution in [0.1, 0.15) is 83.7 Å². The largest absolute Gasteiger partial charge is 0.480 e. The van der Waals surface area contributed by atoms with Crippen molar-refractivity contribution < 1.29 is 29.3 Å². The number of rotatable bonds is 16. The molecule has 0 bridgehead atoms. The summed E-state index contributed by atoms with van der Waals surface area (Å²) in [6, 6.07) is -0.665. The van der Waals surface area contributed by atoms with E-state index in [1.54, 1.807) is 19.4 Å². The lowest BCUT2D eigenvalue weighted by molar-refractivity contribution is -0.147. The SMILES string of the molecule is CCCCCCCCCCCC(=O)N[C@@H](Cc1cnc[nH]1)C(=O)OCC.O=C(O)CO. The Morgan fingerprint density at radius 2 is 1.65 bits per heavy atom. The number of hydrogen-bond donors (Lipinski definition) is 4. The number of aliphatic carboxylic acids is 1. The molecule has 0 aliphatic heterocycles. The van der Waals surface area contributed by atoms with Crippen LogP contribution in [-0.4, -0.2) is 57.3 Å². The minimum Gasteiger partial charge on any atom is -0.480 e. The van der Waals surface area contributed by atoms with Crippen LogP contribution < -0.4 is 5.32 Å². The van der Waals surface area contributed by atoms with Gasteiger partial charge in [-0.3, -0.25) is 4.79 Å². The van der Waals surface area contributed by atoms with Gasteiger partial charge in [-0.05, 0) is 13.3 Å². The van der Waals surface area contributed by atoms with Gasteiger partial charge in [0.1, 0.15) is 12.6 Å². The van der Waals surface area contributed by atoms with Crippen molar-refractivity contribution in [3.8, 4) is 0 Å². The van der Waals surface area contributed by atoms with Crippen molar-refractivity contribution >= 4 is 17.8 Å². The number of carboxylic acids is 1. The molecule has 0 spiro atoms. The van der Waals surface area contributed by atoms with Crippen LogP contribution in [0.2, 0.25) is 0 Å². The molecule has 1 aromatic heterocycles. The molecule has 0 aliphatic rings. The highest BCUT2D eigenvalue weighted by Crippen LogP contribution is 2.10. The highest BCUT2D eigenvalue weighted by molar-refractivity contribution is 5.84. The second-order valence-electron chi connectivity index (χ2n) is 7.28. The van der Waals surface area contributed by atoms with Crippen LogP contribution >= 0.6 is 0 Å². The van der Waals surface area contributed by atoms with E-state index in [0.29, 0.717) is 19.4 Å². The highest BCUT2D eigenvalue weighted by atomic mass is 16.5. The molecule has 9 heteroatoms. The molecule has 1 heterocycles. The zero-order valence-electron chi connectivity index (χ0n) is 18.9. The molecule has 31 heavy (non-hydrogen) atoms. The number of carboxylic acid groups (broad SMARTS) is 1. The average molecular weight is 442 g/mol. The van der Waals surface area contributed by atoms with Crippen molar-refractivity contribution in [1.29, 1.82) is 0 Å². The lowest BCUT2D eigenvalue weighted by Crippen LogP contribution is -2.43. The Kier molecular flexibility index (Phi) is 18.0. The lowest BCUT2D eigenvalue weighted by atomic mass is 10.1. The molecule has 0 fully saturated rings. The van der Waals surface area contributed by atoms with E-state index < -0.39 is 24.6 Å². The number of imidazole rings is 1. The first-order valence-electron chi connectivity index (χ1n) is 11.2. The molecule has 4 N–H and O–H groups in total. The summed E-state index contributed by atoms with van der Waals surface area (Å²) in [6.07, 6.45) is 14.9. The van der Waals surface area contributed by atoms with Crippen molar-refractivity contribution in [3.05, 3.63) is 18.2 Å². The Morgan fingerprint density at radius 1 is 1.06 bits per heavy atom. The summed E-state index contributed by atoms with van der Waals surface area (Å²) in [6.45, 7) is 3.51. The molecule has 0 aromatic carbocycles. The number of unbranched alkanes of at least 4 members (excludes halogenated alkanes) is 8. The molecule has 178 valence electrons. The summed E-state index contributed by atoms with van der Waals surface area (Å²) in [7, 11) is 0. The first-order chi connectivity index (χ1) is 14.9. The summed E-state index contributed by atoms with van der Waals surface area (Å²) >= 11 is 0. The van der Waals surface area contributed by atoms with Crippen molar-refractivity contribution in [3.63, 3.8) is 0 Å². The van der Waals surface area contributed by atoms with Gasteiger partial charge in [0, 0.05) is 24.7 Å². The van der Waals surface area contributed by atoms with E-state index in [-0.39, 0.29) is 5.91 Å². The van der Waals surface area contributed by atoms with Crippen LogP contribution in [0.5, 0.6) is 0 Å². The minimum atomic E-state index is -1.19. The number of nitrogens with zero attached hydrogens (tertiary/aromatic N) is 1. The number of H-pyrrole nitrogens is 1. The highest BCUT2D eigenvalue weighted by Gasteiger charge is 2.22. The number of esters is 1. The Morgan fingerprint density at radius 3 is 2.13 bits per heavy atom. The van der Waals surface area contributed by atoms with Crippen molar-refractivity contribution in [2.75, 3.05) is 13.2 Å². The van der Waals surface area contributed by atoms with Crippen LogP contribution in [0.3, 0.4) is 0 Å². The quantitative estimate of drug-likeness (QED) is 0.228. The maximum atomic E-state index is 12.2. The maximum absolute atomic E-state index is 12.2. The fourth-order valence-corrected chi connectivity index (χ4v) is 2.92. The number of aromatic nitrogens is 2. The third-order valence-corrected chi connectivity index (χ3v) is 4.53. The van der Waals surface area contributed by atoms with Crippen LogP contribution in [0.15, 0.2) is 12.5 Å². The molecule has 1 rings (SSSR count). The number of aromatic amines is 1. The molecule has 0 radical (unpaired) electrons. The predicted molar refractivity (Wildman–Crippen MR) is 117 cm³/mol. The van der Waals surface area contributed by atoms with Gasteiger partial charge in [0.15, 0.2) is 0 Å². The van der Waals surface area contributed by atoms with Crippen LogP contribution in [0.25, 0.3) is 0 Å². The Balaban J connectivity index is 0.00000161. The number of aliphatic hydroxyl groups excluding tert-OH is 1. The summed E-state index contributed by atoms with van der Waals surface area (Å²) < 4.78 is 5.06. The maximum Gasteiger partial charge on any atom is 0.329 e. The van der Waals surface area contributed by atoms with Gasteiger partial charge in [0.05, 0.1) is 12.9 Å². The molecular weight excluding hydrogens is 402 g/mol. The molecule has 0 saturated heterocycles. The topological polar surface area (TPSA) is 142 Å². The third kappa shape index (κ3) is 17.0. The standard InChI is InChI=1S/C20H35N3O3.C2H4O3/c1-3-5-6-7-8-9-10-11-12-13-19(24)23-18(20(25)26-4-2)14-17-15-21-16-22-17;3-1-2(4)5/h15-16,18H,3-14H2,1-2H3,(H,21,22)(H,23,24);3H,1H2,(H,4,5)/t18-;/m0./s1. The van der Waals surface area contributed by atoms with Gasteiger partial charge in [0.25, 0.3) is 0 Å². The van der Waals surface area contributed by atoms with E-state index in [1.807, 2.05) is 0 Å². The number of carbonyl (C=O) groups is 3. The smallest absolute Gasteiger partial charge is 0.329 e. The molecule has 9 nitrogen and oxygen atoms in total. The Labute approximate surface area is 185 Å². The summed E-state index contributed by atoms with van der Waals surface area (Å²) in [5.41, 5.74) is 0.798. The first kappa shape index (κ1) is 28.6. The van der Waals surface area contributed by atoms with E-state index in [9.17, 15) is 9.59 Å². The molecule has 1 aromatic rings. The van der Waals surface area contributed by atoms with Gasteiger partial charge in [0.2, 0.25) is 5.91 Å². The van der Waals surface area contributed by atoms with E-state index in [2.05, 4.69) is 22.2 Å².